The summed E-state index contributed by atoms with van der Waals surface area (Å²) in [4.78, 5) is 0.239. The quantitative estimate of drug-likeness (QED) is 0.782. The van der Waals surface area contributed by atoms with E-state index >= 15 is 0 Å². The van der Waals surface area contributed by atoms with Gasteiger partial charge in [0.15, 0.2) is 0 Å². The number of rotatable bonds is 4. The monoisotopic (exact) mass is 362 g/mol. The number of sulfonamides is 2. The Morgan fingerprint density at radius 1 is 0.913 bits per heavy atom. The first-order valence-electron chi connectivity index (χ1n) is 7.18. The average molecular weight is 362 g/mol. The standard InChI is InChI=1S/C14H22N2O5S2/c1-11-10-14(12(2)9-13(11)21-3)23(19,20)16-7-5-15(6-8-16)22(4,17)18/h9-10H,5-8H2,1-4H3. The minimum Gasteiger partial charge on any atom is -0.496 e. The van der Waals surface area contributed by atoms with Gasteiger partial charge in [0.25, 0.3) is 0 Å². The molecule has 1 aromatic rings. The van der Waals surface area contributed by atoms with E-state index in [1.807, 2.05) is 0 Å². The highest BCUT2D eigenvalue weighted by molar-refractivity contribution is 7.89. The summed E-state index contributed by atoms with van der Waals surface area (Å²) in [5.74, 6) is 0.642. The van der Waals surface area contributed by atoms with Crippen LogP contribution in [0.4, 0.5) is 0 Å². The highest BCUT2D eigenvalue weighted by atomic mass is 32.2. The Bertz CT molecular complexity index is 795. The maximum Gasteiger partial charge on any atom is 0.243 e. The third-order valence-corrected chi connectivity index (χ3v) is 7.32. The number of ether oxygens (including phenoxy) is 1. The molecule has 0 atom stereocenters. The van der Waals surface area contributed by atoms with Gasteiger partial charge >= 0.3 is 0 Å². The minimum atomic E-state index is -3.65. The van der Waals surface area contributed by atoms with Gasteiger partial charge in [-0.15, -0.1) is 0 Å². The average Bonchev–Trinajstić information content (AvgIpc) is 2.48. The topological polar surface area (TPSA) is 84.0 Å². The van der Waals surface area contributed by atoms with Gasteiger partial charge in [-0.25, -0.2) is 16.8 Å². The van der Waals surface area contributed by atoms with E-state index in [0.717, 1.165) is 11.8 Å². The zero-order chi connectivity index (χ0) is 17.4. The molecule has 0 saturated carbocycles. The van der Waals surface area contributed by atoms with Crippen LogP contribution in [0.1, 0.15) is 11.1 Å². The Balaban J connectivity index is 2.29. The molecule has 0 N–H and O–H groups in total. The summed E-state index contributed by atoms with van der Waals surface area (Å²) in [6.45, 7) is 4.17. The minimum absolute atomic E-state index is 0.153. The van der Waals surface area contributed by atoms with E-state index in [1.165, 1.54) is 8.61 Å². The van der Waals surface area contributed by atoms with Crippen molar-refractivity contribution in [3.05, 3.63) is 23.3 Å². The van der Waals surface area contributed by atoms with Crippen molar-refractivity contribution in [2.45, 2.75) is 18.7 Å². The van der Waals surface area contributed by atoms with E-state index in [-0.39, 0.29) is 31.1 Å². The number of nitrogens with zero attached hydrogens (tertiary/aromatic N) is 2. The molecule has 1 aliphatic rings. The SMILES string of the molecule is COc1cc(C)c(S(=O)(=O)N2CCN(S(C)(=O)=O)CC2)cc1C. The lowest BCUT2D eigenvalue weighted by Gasteiger charge is -2.32. The molecule has 0 bridgehead atoms. The number of hydrogen-bond donors (Lipinski definition) is 0. The fourth-order valence-corrected chi connectivity index (χ4v) is 5.18. The van der Waals surface area contributed by atoms with E-state index in [9.17, 15) is 16.8 Å². The van der Waals surface area contributed by atoms with Crippen LogP contribution in [-0.4, -0.2) is 65.0 Å². The summed E-state index contributed by atoms with van der Waals surface area (Å²) in [5, 5.41) is 0. The van der Waals surface area contributed by atoms with Gasteiger partial charge in [-0.2, -0.15) is 8.61 Å². The Morgan fingerprint density at radius 3 is 1.91 bits per heavy atom. The first kappa shape index (κ1) is 18.2. The first-order valence-corrected chi connectivity index (χ1v) is 10.5. The second kappa shape index (κ2) is 6.39. The second-order valence-corrected chi connectivity index (χ2v) is 9.54. The van der Waals surface area contributed by atoms with Crippen LogP contribution in [0.25, 0.3) is 0 Å². The molecule has 0 amide bonds. The van der Waals surface area contributed by atoms with Crippen molar-refractivity contribution in [1.29, 1.82) is 0 Å². The number of hydrogen-bond acceptors (Lipinski definition) is 5. The summed E-state index contributed by atoms with van der Waals surface area (Å²) in [5.41, 5.74) is 1.35. The third-order valence-electron chi connectivity index (χ3n) is 3.98. The van der Waals surface area contributed by atoms with Crippen LogP contribution in [-0.2, 0) is 20.0 Å². The van der Waals surface area contributed by atoms with Gasteiger partial charge in [0.1, 0.15) is 5.75 Å². The van der Waals surface area contributed by atoms with Crippen LogP contribution in [0.5, 0.6) is 5.75 Å². The maximum absolute atomic E-state index is 12.8. The molecule has 0 aromatic heterocycles. The van der Waals surface area contributed by atoms with Crippen molar-refractivity contribution < 1.29 is 21.6 Å². The number of benzene rings is 1. The second-order valence-electron chi connectivity index (χ2n) is 5.65. The first-order chi connectivity index (χ1) is 10.6. The lowest BCUT2D eigenvalue weighted by Crippen LogP contribution is -2.50. The molecule has 1 aliphatic heterocycles. The van der Waals surface area contributed by atoms with Gasteiger partial charge < -0.3 is 4.74 Å². The van der Waals surface area contributed by atoms with E-state index < -0.39 is 20.0 Å². The van der Waals surface area contributed by atoms with Gasteiger partial charge in [0.2, 0.25) is 20.0 Å². The van der Waals surface area contributed by atoms with Crippen molar-refractivity contribution in [1.82, 2.24) is 8.61 Å². The van der Waals surface area contributed by atoms with E-state index in [1.54, 1.807) is 33.1 Å². The molecule has 0 radical (unpaired) electrons. The lowest BCUT2D eigenvalue weighted by atomic mass is 10.1. The molecule has 23 heavy (non-hydrogen) atoms. The van der Waals surface area contributed by atoms with Gasteiger partial charge in [0.05, 0.1) is 18.3 Å². The van der Waals surface area contributed by atoms with Gasteiger partial charge in [-0.1, -0.05) is 0 Å². The molecule has 2 rings (SSSR count). The molecule has 7 nitrogen and oxygen atoms in total. The van der Waals surface area contributed by atoms with Gasteiger partial charge in [-0.05, 0) is 37.1 Å². The molecule has 1 aromatic carbocycles. The molecule has 0 unspecified atom stereocenters. The lowest BCUT2D eigenvalue weighted by molar-refractivity contribution is 0.274. The number of piperazine rings is 1. The zero-order valence-electron chi connectivity index (χ0n) is 13.7. The van der Waals surface area contributed by atoms with E-state index in [2.05, 4.69) is 0 Å². The van der Waals surface area contributed by atoms with Gasteiger partial charge in [-0.3, -0.25) is 0 Å². The Morgan fingerprint density at radius 2 is 1.43 bits per heavy atom. The molecular formula is C14H22N2O5S2. The smallest absolute Gasteiger partial charge is 0.243 e. The summed E-state index contributed by atoms with van der Waals surface area (Å²) in [6.07, 6.45) is 1.13. The van der Waals surface area contributed by atoms with Crippen molar-refractivity contribution in [3.63, 3.8) is 0 Å². The Hall–Kier alpha value is -1.16. The van der Waals surface area contributed by atoms with Crippen molar-refractivity contribution in [2.24, 2.45) is 0 Å². The zero-order valence-corrected chi connectivity index (χ0v) is 15.4. The van der Waals surface area contributed by atoms with E-state index in [0.29, 0.717) is 11.3 Å². The van der Waals surface area contributed by atoms with Crippen LogP contribution in [0.15, 0.2) is 17.0 Å². The van der Waals surface area contributed by atoms with Crippen molar-refractivity contribution in [2.75, 3.05) is 39.5 Å². The third kappa shape index (κ3) is 3.68. The Kier molecular flexibility index (Phi) is 5.05. The molecular weight excluding hydrogens is 340 g/mol. The fraction of sp³-hybridized carbons (Fsp3) is 0.571. The van der Waals surface area contributed by atoms with Crippen LogP contribution >= 0.6 is 0 Å². The maximum atomic E-state index is 12.8. The summed E-state index contributed by atoms with van der Waals surface area (Å²) >= 11 is 0. The normalized spacial score (nSPS) is 18.1. The summed E-state index contributed by atoms with van der Waals surface area (Å²) in [6, 6.07) is 3.31. The van der Waals surface area contributed by atoms with Crippen LogP contribution < -0.4 is 4.74 Å². The predicted molar refractivity (Wildman–Crippen MR) is 87.6 cm³/mol. The molecule has 9 heteroatoms. The fourth-order valence-electron chi connectivity index (χ4n) is 2.64. The molecule has 1 heterocycles. The van der Waals surface area contributed by atoms with Crippen molar-refractivity contribution >= 4 is 20.0 Å². The molecule has 0 aliphatic carbocycles. The molecule has 1 fully saturated rings. The highest BCUT2D eigenvalue weighted by Gasteiger charge is 2.32. The van der Waals surface area contributed by atoms with E-state index in [4.69, 9.17) is 4.74 Å². The van der Waals surface area contributed by atoms with Crippen LogP contribution in [0.3, 0.4) is 0 Å². The van der Waals surface area contributed by atoms with Gasteiger partial charge in [0, 0.05) is 26.2 Å². The van der Waals surface area contributed by atoms with Crippen LogP contribution in [0, 0.1) is 13.8 Å². The molecule has 0 spiro atoms. The van der Waals surface area contributed by atoms with Crippen LogP contribution in [0.2, 0.25) is 0 Å². The molecule has 130 valence electrons. The number of aryl methyl sites for hydroxylation is 2. The summed E-state index contributed by atoms with van der Waals surface area (Å²) < 4.78 is 56.6. The van der Waals surface area contributed by atoms with Crippen molar-refractivity contribution in [3.8, 4) is 5.75 Å². The Labute approximate surface area is 137 Å². The largest absolute Gasteiger partial charge is 0.496 e. The predicted octanol–water partition coefficient (Wildman–Crippen LogP) is 0.578. The summed E-state index contributed by atoms with van der Waals surface area (Å²) in [7, 11) is -5.40. The highest BCUT2D eigenvalue weighted by Crippen LogP contribution is 2.28. The number of methoxy groups -OCH3 is 1. The molecule has 1 saturated heterocycles.